The predicted octanol–water partition coefficient (Wildman–Crippen LogP) is 8.99. The van der Waals surface area contributed by atoms with Gasteiger partial charge in [0.15, 0.2) is 0 Å². The van der Waals surface area contributed by atoms with E-state index in [0.717, 1.165) is 60.2 Å². The summed E-state index contributed by atoms with van der Waals surface area (Å²) in [6.45, 7) is 19.2. The molecule has 0 heterocycles. The Bertz CT molecular complexity index is 607. The van der Waals surface area contributed by atoms with Gasteiger partial charge >= 0.3 is 0 Å². The molecule has 4 rings (SSSR count). The van der Waals surface area contributed by atoms with E-state index in [4.69, 9.17) is 0 Å². The van der Waals surface area contributed by atoms with E-state index in [2.05, 4.69) is 54.4 Å². The van der Waals surface area contributed by atoms with E-state index in [1.165, 1.54) is 57.8 Å². The zero-order valence-electron chi connectivity index (χ0n) is 23.6. The van der Waals surface area contributed by atoms with Crippen molar-refractivity contribution >= 4 is 0 Å². The number of terminal acetylenes is 1. The third kappa shape index (κ3) is 5.52. The van der Waals surface area contributed by atoms with Gasteiger partial charge in [-0.15, -0.1) is 12.8 Å². The van der Waals surface area contributed by atoms with E-state index in [0.29, 0.717) is 10.8 Å². The zero-order valence-corrected chi connectivity index (χ0v) is 23.6. The summed E-state index contributed by atoms with van der Waals surface area (Å²) < 4.78 is 0. The average Bonchev–Trinajstić information content (AvgIpc) is 3.17. The van der Waals surface area contributed by atoms with Gasteiger partial charge in [-0.2, -0.15) is 0 Å². The lowest BCUT2D eigenvalue weighted by atomic mass is 9.44. The third-order valence-corrected chi connectivity index (χ3v) is 11.6. The van der Waals surface area contributed by atoms with Crippen molar-refractivity contribution in [2.24, 2.45) is 58.2 Å². The van der Waals surface area contributed by atoms with Crippen LogP contribution in [0.1, 0.15) is 126 Å². The fraction of sp³-hybridized carbons (Fsp3) is 0.938. The molecule has 0 aromatic rings. The smallest absolute Gasteiger partial charge is 0.0543 e. The third-order valence-electron chi connectivity index (χ3n) is 11.6. The second kappa shape index (κ2) is 12.0. The average molecular weight is 459 g/mol. The molecule has 4 aliphatic carbocycles. The van der Waals surface area contributed by atoms with Gasteiger partial charge in [-0.05, 0) is 116 Å². The molecule has 0 aromatic carbocycles. The summed E-state index contributed by atoms with van der Waals surface area (Å²) in [4.78, 5) is 0. The van der Waals surface area contributed by atoms with Crippen LogP contribution in [-0.4, -0.2) is 11.2 Å². The van der Waals surface area contributed by atoms with Crippen LogP contribution in [0, 0.1) is 71.0 Å². The molecule has 0 amide bonds. The highest BCUT2D eigenvalue weighted by Gasteiger charge is 2.60. The van der Waals surface area contributed by atoms with Gasteiger partial charge in [-0.3, -0.25) is 0 Å². The van der Waals surface area contributed by atoms with Crippen molar-refractivity contribution in [3.8, 4) is 12.8 Å². The number of hydrogen-bond donors (Lipinski definition) is 1. The highest BCUT2D eigenvalue weighted by Crippen LogP contribution is 2.68. The van der Waals surface area contributed by atoms with Crippen molar-refractivity contribution in [3.05, 3.63) is 0 Å². The Balaban J connectivity index is 0.000000914. The molecule has 33 heavy (non-hydrogen) atoms. The first-order valence-corrected chi connectivity index (χ1v) is 14.7. The van der Waals surface area contributed by atoms with Crippen LogP contribution < -0.4 is 0 Å². The Hall–Kier alpha value is -0.480. The van der Waals surface area contributed by atoms with Crippen LogP contribution in [-0.2, 0) is 0 Å². The van der Waals surface area contributed by atoms with E-state index < -0.39 is 0 Å². The number of aliphatic hydroxyl groups is 1. The van der Waals surface area contributed by atoms with E-state index in [1.54, 1.807) is 0 Å². The number of fused-ring (bicyclic) bond motifs is 5. The van der Waals surface area contributed by atoms with Crippen LogP contribution in [0.15, 0.2) is 0 Å². The largest absolute Gasteiger partial charge is 0.393 e. The van der Waals surface area contributed by atoms with E-state index in [1.807, 2.05) is 13.8 Å². The van der Waals surface area contributed by atoms with Crippen LogP contribution in [0.3, 0.4) is 0 Å². The molecule has 0 aliphatic heterocycles. The molecule has 4 unspecified atom stereocenters. The molecule has 192 valence electrons. The van der Waals surface area contributed by atoms with Crippen molar-refractivity contribution in [2.75, 3.05) is 0 Å². The first-order valence-electron chi connectivity index (χ1n) is 14.7. The summed E-state index contributed by atoms with van der Waals surface area (Å²) in [6.07, 6.45) is 23.1. The molecule has 1 nitrogen and oxygen atoms in total. The molecule has 0 saturated heterocycles. The first kappa shape index (κ1) is 28.8. The maximum absolute atomic E-state index is 10.3. The Morgan fingerprint density at radius 3 is 2.03 bits per heavy atom. The van der Waals surface area contributed by atoms with E-state index >= 15 is 0 Å². The van der Waals surface area contributed by atoms with Gasteiger partial charge in [0, 0.05) is 0 Å². The van der Waals surface area contributed by atoms with Crippen LogP contribution >= 0.6 is 0 Å². The Morgan fingerprint density at radius 1 is 0.788 bits per heavy atom. The molecule has 1 N–H and O–H groups in total. The van der Waals surface area contributed by atoms with Gasteiger partial charge in [0.2, 0.25) is 0 Å². The molecule has 4 saturated carbocycles. The molecule has 0 aromatic heterocycles. The van der Waals surface area contributed by atoms with Crippen LogP contribution in [0.4, 0.5) is 0 Å². The summed E-state index contributed by atoms with van der Waals surface area (Å²) in [5, 5.41) is 10.3. The summed E-state index contributed by atoms with van der Waals surface area (Å²) in [5.74, 6) is 7.28. The van der Waals surface area contributed by atoms with Crippen molar-refractivity contribution in [2.45, 2.75) is 132 Å². The van der Waals surface area contributed by atoms with Gasteiger partial charge in [-0.25, -0.2) is 0 Å². The van der Waals surface area contributed by atoms with Gasteiger partial charge in [0.25, 0.3) is 0 Å². The Kier molecular flexibility index (Phi) is 10.4. The Labute approximate surface area is 208 Å². The number of hydrogen-bond acceptors (Lipinski definition) is 1. The molecule has 0 spiro atoms. The standard InChI is InChI=1S/C28H50O.C2H6.C2H2/c1-18(2)19(3)7-8-20(4)24-11-12-25-23-10-9-21-17-22(29)13-15-27(21,5)26(23)14-16-28(24,25)6;2*1-2/h18-26,29H,7-17H2,1-6H3;1-2H3;1-2H/t19-,20-,21-,22-,23?,24?,25?,26?,27+,28-;;/m1../s1. The quantitative estimate of drug-likeness (QED) is 0.407. The van der Waals surface area contributed by atoms with Crippen LogP contribution in [0.2, 0.25) is 0 Å². The second-order valence-electron chi connectivity index (χ2n) is 13.1. The van der Waals surface area contributed by atoms with Crippen molar-refractivity contribution in [3.63, 3.8) is 0 Å². The second-order valence-corrected chi connectivity index (χ2v) is 13.1. The fourth-order valence-electron chi connectivity index (χ4n) is 9.27. The predicted molar refractivity (Wildman–Crippen MR) is 145 cm³/mol. The molecule has 1 heteroatoms. The zero-order chi connectivity index (χ0) is 25.0. The lowest BCUT2D eigenvalue weighted by Crippen LogP contribution is -2.54. The molecule has 10 atom stereocenters. The minimum absolute atomic E-state index is 0.0107. The molecule has 0 radical (unpaired) electrons. The first-order chi connectivity index (χ1) is 15.7. The van der Waals surface area contributed by atoms with E-state index in [-0.39, 0.29) is 6.10 Å². The summed E-state index contributed by atoms with van der Waals surface area (Å²) in [7, 11) is 0. The Morgan fingerprint density at radius 2 is 1.39 bits per heavy atom. The van der Waals surface area contributed by atoms with Gasteiger partial charge in [0.05, 0.1) is 6.10 Å². The van der Waals surface area contributed by atoms with Crippen molar-refractivity contribution in [1.82, 2.24) is 0 Å². The van der Waals surface area contributed by atoms with Crippen LogP contribution in [0.5, 0.6) is 0 Å². The molecular formula is C32H58O. The van der Waals surface area contributed by atoms with Gasteiger partial charge in [-0.1, -0.05) is 68.2 Å². The maximum Gasteiger partial charge on any atom is 0.0543 e. The topological polar surface area (TPSA) is 20.2 Å². The lowest BCUT2D eigenvalue weighted by Gasteiger charge is -2.61. The lowest BCUT2D eigenvalue weighted by molar-refractivity contribution is -0.129. The number of aliphatic hydroxyl groups excluding tert-OH is 1. The summed E-state index contributed by atoms with van der Waals surface area (Å²) in [5.41, 5.74) is 1.14. The van der Waals surface area contributed by atoms with Gasteiger partial charge < -0.3 is 5.11 Å². The van der Waals surface area contributed by atoms with E-state index in [9.17, 15) is 5.11 Å². The van der Waals surface area contributed by atoms with Crippen LogP contribution in [0.25, 0.3) is 0 Å². The highest BCUT2D eigenvalue weighted by molar-refractivity contribution is 5.09. The normalized spacial score (nSPS) is 43.5. The van der Waals surface area contributed by atoms with Crippen molar-refractivity contribution in [1.29, 1.82) is 0 Å². The molecular weight excluding hydrogens is 400 g/mol. The van der Waals surface area contributed by atoms with Crippen molar-refractivity contribution < 1.29 is 5.11 Å². The summed E-state index contributed by atoms with van der Waals surface area (Å²) >= 11 is 0. The number of rotatable bonds is 5. The molecule has 0 bridgehead atoms. The van der Waals surface area contributed by atoms with Gasteiger partial charge in [0.1, 0.15) is 0 Å². The monoisotopic (exact) mass is 458 g/mol. The maximum atomic E-state index is 10.3. The highest BCUT2D eigenvalue weighted by atomic mass is 16.3. The molecule has 4 aliphatic rings. The molecule has 4 fully saturated rings. The fourth-order valence-corrected chi connectivity index (χ4v) is 9.27. The minimum atomic E-state index is -0.0107. The minimum Gasteiger partial charge on any atom is -0.393 e. The SMILES string of the molecule is C#C.CC.CC(C)[C@H](C)CC[C@@H](C)C1CCC2C3CC[C@@H]4C[C@H](O)CC[C@]4(C)C3CC[C@@]21C. The summed E-state index contributed by atoms with van der Waals surface area (Å²) in [6, 6.07) is 0.